The summed E-state index contributed by atoms with van der Waals surface area (Å²) in [6, 6.07) is 11.9. The molecule has 23 heavy (non-hydrogen) atoms. The van der Waals surface area contributed by atoms with Crippen LogP contribution in [-0.2, 0) is 11.2 Å². The Balaban J connectivity index is 2.18. The molecule has 0 aliphatic carbocycles. The van der Waals surface area contributed by atoms with Crippen LogP contribution in [0.25, 0.3) is 0 Å². The second-order valence-electron chi connectivity index (χ2n) is 4.88. The lowest BCUT2D eigenvalue weighted by atomic mass is 10.0. The number of nitrogens with one attached hydrogen (secondary N) is 1. The summed E-state index contributed by atoms with van der Waals surface area (Å²) in [6.07, 6.45) is 0.317. The van der Waals surface area contributed by atoms with Gasteiger partial charge >= 0.3 is 0 Å². The number of primary amides is 1. The molecule has 3 N–H and O–H groups in total. The van der Waals surface area contributed by atoms with Crippen molar-refractivity contribution in [2.75, 3.05) is 0 Å². The van der Waals surface area contributed by atoms with Crippen LogP contribution in [0.15, 0.2) is 55.9 Å². The Morgan fingerprint density at radius 1 is 1.04 bits per heavy atom. The quantitative estimate of drug-likeness (QED) is 0.650. The average Bonchev–Trinajstić information content (AvgIpc) is 2.47. The molecule has 0 saturated carbocycles. The molecular weight excluding hydrogens is 492 g/mol. The molecule has 2 amide bonds. The summed E-state index contributed by atoms with van der Waals surface area (Å²) >= 11 is 10.1. The van der Waals surface area contributed by atoms with Crippen LogP contribution in [-0.4, -0.2) is 17.9 Å². The monoisotopic (exact) mass is 502 g/mol. The molecule has 0 unspecified atom stereocenters. The van der Waals surface area contributed by atoms with Gasteiger partial charge in [0.1, 0.15) is 6.04 Å². The molecule has 0 aliphatic heterocycles. The molecule has 0 fully saturated rings. The first-order valence-electron chi connectivity index (χ1n) is 6.66. The van der Waals surface area contributed by atoms with Gasteiger partial charge in [-0.3, -0.25) is 9.59 Å². The van der Waals surface area contributed by atoms with E-state index < -0.39 is 11.9 Å². The maximum absolute atomic E-state index is 12.4. The van der Waals surface area contributed by atoms with Crippen LogP contribution in [0.5, 0.6) is 0 Å². The van der Waals surface area contributed by atoms with Gasteiger partial charge in [0.15, 0.2) is 0 Å². The number of halogens is 3. The molecule has 2 rings (SSSR count). The van der Waals surface area contributed by atoms with E-state index in [4.69, 9.17) is 5.73 Å². The van der Waals surface area contributed by atoms with Crippen LogP contribution in [0.3, 0.4) is 0 Å². The minimum absolute atomic E-state index is 0.317. The van der Waals surface area contributed by atoms with E-state index in [9.17, 15) is 9.59 Å². The Morgan fingerprint density at radius 3 is 2.22 bits per heavy atom. The molecule has 4 nitrogen and oxygen atoms in total. The second-order valence-corrected chi connectivity index (χ2v) is 7.57. The zero-order valence-electron chi connectivity index (χ0n) is 11.9. The number of benzene rings is 2. The van der Waals surface area contributed by atoms with Crippen molar-refractivity contribution in [1.29, 1.82) is 0 Å². The molecular formula is C16H13Br3N2O2. The molecule has 0 radical (unpaired) electrons. The van der Waals surface area contributed by atoms with Gasteiger partial charge in [-0.25, -0.2) is 0 Å². The van der Waals surface area contributed by atoms with Crippen molar-refractivity contribution < 1.29 is 9.59 Å². The van der Waals surface area contributed by atoms with E-state index in [0.717, 1.165) is 19.0 Å². The fraction of sp³-hybridized carbons (Fsp3) is 0.125. The molecule has 0 bridgehead atoms. The van der Waals surface area contributed by atoms with Gasteiger partial charge in [-0.05, 0) is 29.8 Å². The first kappa shape index (κ1) is 18.2. The summed E-state index contributed by atoms with van der Waals surface area (Å²) in [4.78, 5) is 24.1. The number of hydrogen-bond donors (Lipinski definition) is 2. The minimum Gasteiger partial charge on any atom is -0.368 e. The SMILES string of the molecule is NC(=O)[C@@H](Cc1ccccc1Br)NC(=O)c1cc(Br)cc(Br)c1. The van der Waals surface area contributed by atoms with E-state index in [2.05, 4.69) is 53.1 Å². The van der Waals surface area contributed by atoms with Gasteiger partial charge in [-0.2, -0.15) is 0 Å². The van der Waals surface area contributed by atoms with E-state index in [1.807, 2.05) is 30.3 Å². The Kier molecular flexibility index (Phi) is 6.38. The third-order valence-electron chi connectivity index (χ3n) is 3.16. The van der Waals surface area contributed by atoms with Crippen molar-refractivity contribution in [2.45, 2.75) is 12.5 Å². The number of rotatable bonds is 5. The van der Waals surface area contributed by atoms with Gasteiger partial charge < -0.3 is 11.1 Å². The highest BCUT2D eigenvalue weighted by Crippen LogP contribution is 2.21. The second kappa shape index (κ2) is 8.08. The lowest BCUT2D eigenvalue weighted by Crippen LogP contribution is -2.45. The number of carbonyl (C=O) groups is 2. The predicted molar refractivity (Wildman–Crippen MR) is 100 cm³/mol. The fourth-order valence-corrected chi connectivity index (χ4v) is 3.77. The van der Waals surface area contributed by atoms with Gasteiger partial charge in [-0.15, -0.1) is 0 Å². The van der Waals surface area contributed by atoms with Crippen molar-refractivity contribution >= 4 is 59.6 Å². The van der Waals surface area contributed by atoms with Crippen molar-refractivity contribution in [1.82, 2.24) is 5.32 Å². The first-order chi connectivity index (χ1) is 10.9. The topological polar surface area (TPSA) is 72.2 Å². The van der Waals surface area contributed by atoms with Crippen molar-refractivity contribution in [3.05, 3.63) is 67.0 Å². The number of hydrogen-bond acceptors (Lipinski definition) is 2. The number of nitrogens with two attached hydrogens (primary N) is 1. The molecule has 2 aromatic rings. The summed E-state index contributed by atoms with van der Waals surface area (Å²) in [5, 5.41) is 2.69. The zero-order valence-corrected chi connectivity index (χ0v) is 16.6. The van der Waals surface area contributed by atoms with Crippen LogP contribution >= 0.6 is 47.8 Å². The van der Waals surface area contributed by atoms with Crippen LogP contribution < -0.4 is 11.1 Å². The molecule has 0 heterocycles. The molecule has 0 aliphatic rings. The van der Waals surface area contributed by atoms with Crippen LogP contribution in [0.1, 0.15) is 15.9 Å². The van der Waals surface area contributed by atoms with Gasteiger partial charge in [0.2, 0.25) is 5.91 Å². The maximum atomic E-state index is 12.4. The normalized spacial score (nSPS) is 11.8. The van der Waals surface area contributed by atoms with Crippen molar-refractivity contribution in [2.24, 2.45) is 5.73 Å². The molecule has 0 aromatic heterocycles. The fourth-order valence-electron chi connectivity index (χ4n) is 2.03. The van der Waals surface area contributed by atoms with Crippen LogP contribution in [0.2, 0.25) is 0 Å². The van der Waals surface area contributed by atoms with E-state index in [1.54, 1.807) is 12.1 Å². The Labute approximate surface area is 159 Å². The number of carbonyl (C=O) groups excluding carboxylic acids is 2. The van der Waals surface area contributed by atoms with Crippen molar-refractivity contribution in [3.63, 3.8) is 0 Å². The standard InChI is InChI=1S/C16H13Br3N2O2/c17-11-5-10(6-12(18)8-11)16(23)21-14(15(20)22)7-9-3-1-2-4-13(9)19/h1-6,8,14H,7H2,(H2,20,22)(H,21,23)/t14-/m1/s1. The maximum Gasteiger partial charge on any atom is 0.252 e. The summed E-state index contributed by atoms with van der Waals surface area (Å²) < 4.78 is 2.39. The molecule has 7 heteroatoms. The highest BCUT2D eigenvalue weighted by molar-refractivity contribution is 9.11. The van der Waals surface area contributed by atoms with E-state index in [0.29, 0.717) is 12.0 Å². The molecule has 120 valence electrons. The third kappa shape index (κ3) is 5.16. The summed E-state index contributed by atoms with van der Waals surface area (Å²) in [7, 11) is 0. The van der Waals surface area contributed by atoms with Gasteiger partial charge in [0, 0.05) is 25.4 Å². The predicted octanol–water partition coefficient (Wildman–Crippen LogP) is 3.80. The molecule has 0 saturated heterocycles. The smallest absolute Gasteiger partial charge is 0.252 e. The highest BCUT2D eigenvalue weighted by atomic mass is 79.9. The molecule has 1 atom stereocenters. The molecule has 2 aromatic carbocycles. The molecule has 0 spiro atoms. The number of amides is 2. The van der Waals surface area contributed by atoms with Gasteiger partial charge in [0.25, 0.3) is 5.91 Å². The highest BCUT2D eigenvalue weighted by Gasteiger charge is 2.20. The summed E-state index contributed by atoms with van der Waals surface area (Å²) in [5.74, 6) is -0.939. The van der Waals surface area contributed by atoms with Crippen LogP contribution in [0, 0.1) is 0 Å². The van der Waals surface area contributed by atoms with Gasteiger partial charge in [0.05, 0.1) is 0 Å². The third-order valence-corrected chi connectivity index (χ3v) is 4.84. The van der Waals surface area contributed by atoms with E-state index in [1.165, 1.54) is 0 Å². The minimum atomic E-state index is -0.793. The Hall–Kier alpha value is -1.18. The summed E-state index contributed by atoms with van der Waals surface area (Å²) in [6.45, 7) is 0. The van der Waals surface area contributed by atoms with E-state index >= 15 is 0 Å². The Bertz CT molecular complexity index is 730. The van der Waals surface area contributed by atoms with Crippen molar-refractivity contribution in [3.8, 4) is 0 Å². The lowest BCUT2D eigenvalue weighted by Gasteiger charge is -2.16. The Morgan fingerprint density at radius 2 is 1.65 bits per heavy atom. The largest absolute Gasteiger partial charge is 0.368 e. The lowest BCUT2D eigenvalue weighted by molar-refractivity contribution is -0.119. The van der Waals surface area contributed by atoms with Gasteiger partial charge in [-0.1, -0.05) is 66.0 Å². The van der Waals surface area contributed by atoms with E-state index in [-0.39, 0.29) is 5.91 Å². The average molecular weight is 505 g/mol. The first-order valence-corrected chi connectivity index (χ1v) is 9.04. The zero-order chi connectivity index (χ0) is 17.0. The van der Waals surface area contributed by atoms with Crippen LogP contribution in [0.4, 0.5) is 0 Å². The summed E-state index contributed by atoms with van der Waals surface area (Å²) in [5.41, 5.74) is 6.76.